The summed E-state index contributed by atoms with van der Waals surface area (Å²) in [7, 11) is 3.99. The van der Waals surface area contributed by atoms with Crippen LogP contribution in [0.5, 0.6) is 5.88 Å². The zero-order valence-electron chi connectivity index (χ0n) is 12.0. The van der Waals surface area contributed by atoms with Crippen molar-refractivity contribution < 1.29 is 9.67 Å². The van der Waals surface area contributed by atoms with Crippen molar-refractivity contribution in [2.24, 2.45) is 0 Å². The van der Waals surface area contributed by atoms with Crippen LogP contribution in [-0.4, -0.2) is 28.6 Å². The van der Waals surface area contributed by atoms with Crippen LogP contribution in [-0.2, 0) is 0 Å². The Kier molecular flexibility index (Phi) is 3.82. The molecule has 0 aliphatic rings. The second-order valence-electron chi connectivity index (χ2n) is 4.95. The van der Waals surface area contributed by atoms with E-state index in [1.807, 2.05) is 84.2 Å². The quantitative estimate of drug-likeness (QED) is 0.537. The number of rotatable bonds is 3. The van der Waals surface area contributed by atoms with Gasteiger partial charge in [-0.05, 0) is 0 Å². The van der Waals surface area contributed by atoms with Crippen molar-refractivity contribution in [1.82, 2.24) is 0 Å². The SMILES string of the molecule is CN(C)c1[se]c(-c2ccccc2)c([O-])[n+]1-c1ccccc1. The maximum atomic E-state index is 12.9. The molecule has 0 fully saturated rings. The van der Waals surface area contributed by atoms with E-state index in [1.165, 1.54) is 0 Å². The van der Waals surface area contributed by atoms with Crippen LogP contribution in [0.2, 0.25) is 0 Å². The van der Waals surface area contributed by atoms with Crippen LogP contribution >= 0.6 is 0 Å². The molecule has 3 nitrogen and oxygen atoms in total. The molecule has 0 aliphatic carbocycles. The molecule has 0 saturated carbocycles. The molecule has 3 rings (SSSR count). The molecule has 0 N–H and O–H groups in total. The Morgan fingerprint density at radius 1 is 0.905 bits per heavy atom. The Morgan fingerprint density at radius 2 is 1.48 bits per heavy atom. The summed E-state index contributed by atoms with van der Waals surface area (Å²) in [5, 5.41) is 12.9. The molecular weight excluding hydrogens is 327 g/mol. The molecule has 0 aliphatic heterocycles. The molecule has 0 atom stereocenters. The normalized spacial score (nSPS) is 10.6. The number of anilines is 1. The molecule has 1 aromatic heterocycles. The molecule has 106 valence electrons. The van der Waals surface area contributed by atoms with Gasteiger partial charge >= 0.3 is 130 Å². The van der Waals surface area contributed by atoms with Gasteiger partial charge in [-0.25, -0.2) is 0 Å². The van der Waals surface area contributed by atoms with E-state index in [1.54, 1.807) is 0 Å². The monoisotopic (exact) mass is 344 g/mol. The van der Waals surface area contributed by atoms with Crippen LogP contribution in [0.3, 0.4) is 0 Å². The summed E-state index contributed by atoms with van der Waals surface area (Å²) in [4.78, 5) is 2.04. The van der Waals surface area contributed by atoms with E-state index in [9.17, 15) is 5.11 Å². The van der Waals surface area contributed by atoms with E-state index in [0.29, 0.717) is 0 Å². The predicted molar refractivity (Wildman–Crippen MR) is 84.1 cm³/mol. The number of nitrogens with zero attached hydrogens (tertiary/aromatic N) is 2. The fraction of sp³-hybridized carbons (Fsp3) is 0.118. The number of hydrogen-bond acceptors (Lipinski definition) is 2. The molecule has 0 spiro atoms. The van der Waals surface area contributed by atoms with Gasteiger partial charge in [0.2, 0.25) is 0 Å². The fourth-order valence-corrected chi connectivity index (χ4v) is 4.50. The third-order valence-electron chi connectivity index (χ3n) is 3.21. The summed E-state index contributed by atoms with van der Waals surface area (Å²) in [6, 6.07) is 19.8. The van der Waals surface area contributed by atoms with Gasteiger partial charge in [0.05, 0.1) is 0 Å². The first-order valence-corrected chi connectivity index (χ1v) is 8.44. The summed E-state index contributed by atoms with van der Waals surface area (Å²) < 4.78 is 3.82. The molecule has 3 aromatic rings. The van der Waals surface area contributed by atoms with Crippen molar-refractivity contribution in [1.29, 1.82) is 0 Å². The number of para-hydroxylation sites is 1. The summed E-state index contributed by atoms with van der Waals surface area (Å²) in [6.07, 6.45) is 0. The molecule has 1 heterocycles. The van der Waals surface area contributed by atoms with Crippen molar-refractivity contribution in [3.8, 4) is 21.6 Å². The van der Waals surface area contributed by atoms with Crippen molar-refractivity contribution >= 4 is 19.2 Å². The Hall–Kier alpha value is -2.03. The topological polar surface area (TPSA) is 30.2 Å². The van der Waals surface area contributed by atoms with E-state index in [-0.39, 0.29) is 20.4 Å². The zero-order chi connectivity index (χ0) is 14.8. The third-order valence-corrected chi connectivity index (χ3v) is 6.04. The van der Waals surface area contributed by atoms with Gasteiger partial charge in [0.25, 0.3) is 0 Å². The Balaban J connectivity index is 2.22. The van der Waals surface area contributed by atoms with Gasteiger partial charge in [-0.15, -0.1) is 0 Å². The number of hydrogen-bond donors (Lipinski definition) is 0. The summed E-state index contributed by atoms with van der Waals surface area (Å²) in [5.41, 5.74) is 1.96. The second kappa shape index (κ2) is 5.76. The van der Waals surface area contributed by atoms with Gasteiger partial charge in [-0.1, -0.05) is 0 Å². The molecule has 0 amide bonds. The van der Waals surface area contributed by atoms with Crippen molar-refractivity contribution in [3.63, 3.8) is 0 Å². The van der Waals surface area contributed by atoms with E-state index in [0.717, 1.165) is 20.4 Å². The Labute approximate surface area is 130 Å². The van der Waals surface area contributed by atoms with Crippen molar-refractivity contribution in [2.75, 3.05) is 19.0 Å². The van der Waals surface area contributed by atoms with E-state index in [4.69, 9.17) is 0 Å². The number of benzene rings is 2. The zero-order valence-corrected chi connectivity index (χ0v) is 13.7. The van der Waals surface area contributed by atoms with Gasteiger partial charge in [-0.3, -0.25) is 0 Å². The van der Waals surface area contributed by atoms with Crippen LogP contribution in [0.4, 0.5) is 4.69 Å². The molecule has 0 unspecified atom stereocenters. The standard InChI is InChI=1S/C17H16N2OSe/c1-18(2)17-19(14-11-7-4-8-12-14)16(20)15(21-17)13-9-5-3-6-10-13/h3-12H,1-2H3. The van der Waals surface area contributed by atoms with Crippen LogP contribution in [0.15, 0.2) is 60.7 Å². The molecule has 0 bridgehead atoms. The average molecular weight is 343 g/mol. The van der Waals surface area contributed by atoms with Gasteiger partial charge in [-0.2, -0.15) is 0 Å². The van der Waals surface area contributed by atoms with Gasteiger partial charge in [0.1, 0.15) is 0 Å². The summed E-state index contributed by atoms with van der Waals surface area (Å²) >= 11 is 0.0117. The minimum atomic E-state index is 0.0117. The third kappa shape index (κ3) is 2.60. The Bertz CT molecular complexity index is 736. The van der Waals surface area contributed by atoms with Crippen molar-refractivity contribution in [2.45, 2.75) is 0 Å². The summed E-state index contributed by atoms with van der Waals surface area (Å²) in [6.45, 7) is 0. The van der Waals surface area contributed by atoms with Gasteiger partial charge < -0.3 is 0 Å². The van der Waals surface area contributed by atoms with Crippen LogP contribution in [0, 0.1) is 0 Å². The van der Waals surface area contributed by atoms with Crippen molar-refractivity contribution in [3.05, 3.63) is 60.7 Å². The first-order valence-electron chi connectivity index (χ1n) is 6.72. The first kappa shape index (κ1) is 13.9. The average Bonchev–Trinajstić information content (AvgIpc) is 2.87. The van der Waals surface area contributed by atoms with E-state index < -0.39 is 0 Å². The molecule has 0 radical (unpaired) electrons. The fourth-order valence-electron chi connectivity index (χ4n) is 2.24. The first-order chi connectivity index (χ1) is 10.2. The predicted octanol–water partition coefficient (Wildman–Crippen LogP) is 1.83. The van der Waals surface area contributed by atoms with Crippen LogP contribution in [0.25, 0.3) is 15.7 Å². The molecule has 0 saturated heterocycles. The molecular formula is C17H16N2OSe. The number of aromatic nitrogens is 1. The second-order valence-corrected chi connectivity index (χ2v) is 7.00. The molecule has 4 heteroatoms. The summed E-state index contributed by atoms with van der Waals surface area (Å²) in [5.74, 6) is 0.0936. The van der Waals surface area contributed by atoms with E-state index in [2.05, 4.69) is 0 Å². The molecule has 21 heavy (non-hydrogen) atoms. The van der Waals surface area contributed by atoms with Gasteiger partial charge in [0, 0.05) is 0 Å². The van der Waals surface area contributed by atoms with Gasteiger partial charge in [0.15, 0.2) is 0 Å². The van der Waals surface area contributed by atoms with Crippen LogP contribution < -0.4 is 14.6 Å². The maximum absolute atomic E-state index is 12.9. The minimum absolute atomic E-state index is 0.0117. The van der Waals surface area contributed by atoms with E-state index >= 15 is 0 Å². The molecule has 2 aromatic carbocycles. The Morgan fingerprint density at radius 3 is 2.05 bits per heavy atom. The van der Waals surface area contributed by atoms with Crippen LogP contribution in [0.1, 0.15) is 0 Å².